The van der Waals surface area contributed by atoms with E-state index in [9.17, 15) is 9.59 Å². The standard InChI is InChI=1S/C20H25N3O2.ClH/c1-23(2)20(25)18(21)13-15-5-10-17(11-6-15)16-8-3-14(4-9-16)7-12-19(22)24;/h3-6,8-11,18H,7,12-13,21H2,1-2H3,(H2,22,24);1H. The molecule has 5 nitrogen and oxygen atoms in total. The van der Waals surface area contributed by atoms with Crippen molar-refractivity contribution in [3.05, 3.63) is 59.7 Å². The van der Waals surface area contributed by atoms with Crippen molar-refractivity contribution in [3.8, 4) is 11.1 Å². The molecule has 1 atom stereocenters. The number of nitrogens with two attached hydrogens (primary N) is 2. The lowest BCUT2D eigenvalue weighted by atomic mass is 9.99. The van der Waals surface area contributed by atoms with E-state index in [0.717, 1.165) is 22.3 Å². The molecule has 1 unspecified atom stereocenters. The smallest absolute Gasteiger partial charge is 0.239 e. The Bertz CT molecular complexity index is 728. The Kier molecular flexibility index (Phi) is 8.29. The average molecular weight is 376 g/mol. The quantitative estimate of drug-likeness (QED) is 0.777. The van der Waals surface area contributed by atoms with E-state index in [4.69, 9.17) is 11.5 Å². The van der Waals surface area contributed by atoms with E-state index in [1.54, 1.807) is 14.1 Å². The van der Waals surface area contributed by atoms with Crippen LogP contribution in [-0.2, 0) is 22.4 Å². The SMILES string of the molecule is CN(C)C(=O)C(N)Cc1ccc(-c2ccc(CCC(N)=O)cc2)cc1.Cl. The summed E-state index contributed by atoms with van der Waals surface area (Å²) >= 11 is 0. The van der Waals surface area contributed by atoms with Gasteiger partial charge in [-0.3, -0.25) is 9.59 Å². The number of halogens is 1. The highest BCUT2D eigenvalue weighted by Gasteiger charge is 2.15. The lowest BCUT2D eigenvalue weighted by Gasteiger charge is -2.16. The van der Waals surface area contributed by atoms with E-state index in [2.05, 4.69) is 0 Å². The van der Waals surface area contributed by atoms with Gasteiger partial charge in [0.1, 0.15) is 0 Å². The molecule has 4 N–H and O–H groups in total. The second-order valence-electron chi connectivity index (χ2n) is 6.40. The van der Waals surface area contributed by atoms with Gasteiger partial charge in [0.2, 0.25) is 11.8 Å². The van der Waals surface area contributed by atoms with Crippen LogP contribution in [0.3, 0.4) is 0 Å². The Balaban J connectivity index is 0.00000338. The minimum atomic E-state index is -0.523. The molecule has 0 saturated heterocycles. The minimum Gasteiger partial charge on any atom is -0.370 e. The van der Waals surface area contributed by atoms with Crippen molar-refractivity contribution >= 4 is 24.2 Å². The van der Waals surface area contributed by atoms with Gasteiger partial charge in [0, 0.05) is 20.5 Å². The highest BCUT2D eigenvalue weighted by Crippen LogP contribution is 2.21. The van der Waals surface area contributed by atoms with Crippen LogP contribution in [0.4, 0.5) is 0 Å². The number of likely N-dealkylation sites (N-methyl/N-ethyl adjacent to an activating group) is 1. The van der Waals surface area contributed by atoms with Gasteiger partial charge < -0.3 is 16.4 Å². The maximum atomic E-state index is 11.8. The molecule has 140 valence electrons. The minimum absolute atomic E-state index is 0. The first-order valence-corrected chi connectivity index (χ1v) is 8.30. The molecule has 0 aliphatic carbocycles. The summed E-state index contributed by atoms with van der Waals surface area (Å²) in [5, 5.41) is 0. The molecule has 2 amide bonds. The van der Waals surface area contributed by atoms with Crippen LogP contribution in [0.15, 0.2) is 48.5 Å². The Morgan fingerprint density at radius 3 is 1.81 bits per heavy atom. The van der Waals surface area contributed by atoms with E-state index in [1.165, 1.54) is 4.90 Å². The fourth-order valence-corrected chi connectivity index (χ4v) is 2.64. The first kappa shape index (κ1) is 21.7. The number of rotatable bonds is 7. The Morgan fingerprint density at radius 2 is 1.38 bits per heavy atom. The van der Waals surface area contributed by atoms with Gasteiger partial charge in [0.05, 0.1) is 6.04 Å². The Hall–Kier alpha value is -2.37. The molecule has 0 heterocycles. The Labute approximate surface area is 160 Å². The summed E-state index contributed by atoms with van der Waals surface area (Å²) in [5.41, 5.74) is 15.4. The third-order valence-electron chi connectivity index (χ3n) is 4.11. The first-order chi connectivity index (χ1) is 11.9. The maximum Gasteiger partial charge on any atom is 0.239 e. The number of hydrogen-bond donors (Lipinski definition) is 2. The van der Waals surface area contributed by atoms with Crippen molar-refractivity contribution < 1.29 is 9.59 Å². The van der Waals surface area contributed by atoms with Gasteiger partial charge in [-0.2, -0.15) is 0 Å². The van der Waals surface area contributed by atoms with Crippen LogP contribution >= 0.6 is 12.4 Å². The summed E-state index contributed by atoms with van der Waals surface area (Å²) in [6.45, 7) is 0. The zero-order chi connectivity index (χ0) is 18.4. The number of benzene rings is 2. The molecule has 0 bridgehead atoms. The number of nitrogens with zero attached hydrogens (tertiary/aromatic N) is 1. The molecular formula is C20H26ClN3O2. The molecule has 0 aromatic heterocycles. The van der Waals surface area contributed by atoms with E-state index < -0.39 is 6.04 Å². The largest absolute Gasteiger partial charge is 0.370 e. The van der Waals surface area contributed by atoms with E-state index in [-0.39, 0.29) is 24.2 Å². The van der Waals surface area contributed by atoms with Crippen molar-refractivity contribution in [2.45, 2.75) is 25.3 Å². The lowest BCUT2D eigenvalue weighted by Crippen LogP contribution is -2.41. The molecule has 2 rings (SSSR count). The average Bonchev–Trinajstić information content (AvgIpc) is 2.60. The summed E-state index contributed by atoms with van der Waals surface area (Å²) in [6.07, 6.45) is 1.54. The topological polar surface area (TPSA) is 89.4 Å². The third-order valence-corrected chi connectivity index (χ3v) is 4.11. The first-order valence-electron chi connectivity index (χ1n) is 8.30. The molecule has 0 radical (unpaired) electrons. The summed E-state index contributed by atoms with van der Waals surface area (Å²) in [4.78, 5) is 24.2. The van der Waals surface area contributed by atoms with Crippen LogP contribution in [0.1, 0.15) is 17.5 Å². The molecule has 0 aliphatic rings. The molecule has 2 aromatic rings. The van der Waals surface area contributed by atoms with Crippen molar-refractivity contribution in [1.29, 1.82) is 0 Å². The third kappa shape index (κ3) is 6.17. The van der Waals surface area contributed by atoms with Crippen LogP contribution in [0.25, 0.3) is 11.1 Å². The monoisotopic (exact) mass is 375 g/mol. The molecular weight excluding hydrogens is 350 g/mol. The van der Waals surface area contributed by atoms with Crippen LogP contribution in [-0.4, -0.2) is 36.9 Å². The summed E-state index contributed by atoms with van der Waals surface area (Å²) in [5.74, 6) is -0.360. The van der Waals surface area contributed by atoms with Gasteiger partial charge in [-0.15, -0.1) is 12.4 Å². The van der Waals surface area contributed by atoms with Crippen molar-refractivity contribution in [3.63, 3.8) is 0 Å². The van der Waals surface area contributed by atoms with Gasteiger partial charge in [-0.25, -0.2) is 0 Å². The Morgan fingerprint density at radius 1 is 0.923 bits per heavy atom. The molecule has 0 spiro atoms. The van der Waals surface area contributed by atoms with Gasteiger partial charge in [-0.1, -0.05) is 48.5 Å². The fraction of sp³-hybridized carbons (Fsp3) is 0.300. The summed E-state index contributed by atoms with van der Waals surface area (Å²) in [7, 11) is 3.41. The number of hydrogen-bond acceptors (Lipinski definition) is 3. The molecule has 0 saturated carbocycles. The van der Waals surface area contributed by atoms with Crippen LogP contribution in [0.2, 0.25) is 0 Å². The maximum absolute atomic E-state index is 11.8. The number of amides is 2. The van der Waals surface area contributed by atoms with Crippen LogP contribution in [0, 0.1) is 0 Å². The van der Waals surface area contributed by atoms with Gasteiger partial charge in [0.25, 0.3) is 0 Å². The van der Waals surface area contributed by atoms with Gasteiger partial charge in [-0.05, 0) is 35.1 Å². The zero-order valence-corrected chi connectivity index (χ0v) is 16.0. The van der Waals surface area contributed by atoms with E-state index >= 15 is 0 Å². The molecule has 6 heteroatoms. The number of carbonyl (C=O) groups excluding carboxylic acids is 2. The normalized spacial score (nSPS) is 11.3. The van der Waals surface area contributed by atoms with Gasteiger partial charge in [0.15, 0.2) is 0 Å². The number of primary amides is 1. The molecule has 0 aliphatic heterocycles. The van der Waals surface area contributed by atoms with Crippen molar-refractivity contribution in [2.24, 2.45) is 11.5 Å². The predicted octanol–water partition coefficient (Wildman–Crippen LogP) is 2.15. The zero-order valence-electron chi connectivity index (χ0n) is 15.1. The highest BCUT2D eigenvalue weighted by molar-refractivity contribution is 5.85. The van der Waals surface area contributed by atoms with Crippen molar-refractivity contribution in [2.75, 3.05) is 14.1 Å². The van der Waals surface area contributed by atoms with Crippen LogP contribution < -0.4 is 11.5 Å². The van der Waals surface area contributed by atoms with Crippen LogP contribution in [0.5, 0.6) is 0 Å². The second kappa shape index (κ2) is 9.94. The highest BCUT2D eigenvalue weighted by atomic mass is 35.5. The molecule has 26 heavy (non-hydrogen) atoms. The summed E-state index contributed by atoms with van der Waals surface area (Å²) in [6, 6.07) is 15.6. The van der Waals surface area contributed by atoms with Crippen molar-refractivity contribution in [1.82, 2.24) is 4.90 Å². The molecule has 0 fully saturated rings. The second-order valence-corrected chi connectivity index (χ2v) is 6.40. The number of aryl methyl sites for hydroxylation is 1. The fourth-order valence-electron chi connectivity index (χ4n) is 2.64. The molecule has 2 aromatic carbocycles. The van der Waals surface area contributed by atoms with Gasteiger partial charge >= 0.3 is 0 Å². The summed E-state index contributed by atoms with van der Waals surface area (Å²) < 4.78 is 0. The predicted molar refractivity (Wildman–Crippen MR) is 107 cm³/mol. The van der Waals surface area contributed by atoms with E-state index in [0.29, 0.717) is 19.3 Å². The lowest BCUT2D eigenvalue weighted by molar-refractivity contribution is -0.130. The van der Waals surface area contributed by atoms with E-state index in [1.807, 2.05) is 48.5 Å². The number of carbonyl (C=O) groups is 2.